The summed E-state index contributed by atoms with van der Waals surface area (Å²) in [4.78, 5) is 2.39. The molecule has 4 heterocycles. The van der Waals surface area contributed by atoms with Gasteiger partial charge in [0.2, 0.25) is 0 Å². The Morgan fingerprint density at radius 2 is 1.00 bits per heavy atom. The van der Waals surface area contributed by atoms with Crippen molar-refractivity contribution in [2.24, 2.45) is 0 Å². The zero-order chi connectivity index (χ0) is 34.7. The minimum absolute atomic E-state index is 0.0490. The monoisotopic (exact) mass is 684 g/mol. The van der Waals surface area contributed by atoms with Gasteiger partial charge in [-0.15, -0.1) is 22.7 Å². The van der Waals surface area contributed by atoms with E-state index < -0.39 is 36.6 Å². The van der Waals surface area contributed by atoms with Crippen LogP contribution in [0.3, 0.4) is 0 Å². The van der Waals surface area contributed by atoms with E-state index in [9.17, 15) is 5.11 Å². The highest BCUT2D eigenvalue weighted by Gasteiger charge is 2.55. The molecule has 2 fully saturated rings. The summed E-state index contributed by atoms with van der Waals surface area (Å²) in [5, 5.41) is 13.3. The number of aliphatic hydroxyl groups is 1. The summed E-state index contributed by atoms with van der Waals surface area (Å²) in [6, 6.07) is 9.03. The quantitative estimate of drug-likeness (QED) is 0.223. The molecule has 2 aromatic heterocycles. The van der Waals surface area contributed by atoms with Crippen LogP contribution in [0.2, 0.25) is 0 Å². The lowest BCUT2D eigenvalue weighted by molar-refractivity contribution is 0.00578. The summed E-state index contributed by atoms with van der Waals surface area (Å²) in [6.07, 6.45) is 0. The van der Waals surface area contributed by atoms with Gasteiger partial charge in [-0.25, -0.2) is 0 Å². The minimum atomic E-state index is -0.423. The molecule has 8 rings (SSSR count). The highest BCUT2D eigenvalue weighted by atomic mass is 32.1. The highest BCUT2D eigenvalue weighted by molar-refractivity contribution is 7.26. The van der Waals surface area contributed by atoms with E-state index in [4.69, 9.17) is 23.4 Å². The van der Waals surface area contributed by atoms with Gasteiger partial charge in [-0.05, 0) is 118 Å². The van der Waals surface area contributed by atoms with Crippen LogP contribution < -0.4 is 14.3 Å². The van der Waals surface area contributed by atoms with Crippen molar-refractivity contribution in [3.05, 3.63) is 52.1 Å². The lowest BCUT2D eigenvalue weighted by Crippen LogP contribution is -2.41. The third-order valence-electron chi connectivity index (χ3n) is 12.4. The molecule has 2 saturated heterocycles. The van der Waals surface area contributed by atoms with Gasteiger partial charge in [0.25, 0.3) is 0 Å². The van der Waals surface area contributed by atoms with Crippen molar-refractivity contribution in [2.45, 2.75) is 123 Å². The molecule has 48 heavy (non-hydrogen) atoms. The van der Waals surface area contributed by atoms with Crippen LogP contribution in [-0.2, 0) is 36.1 Å². The first-order chi connectivity index (χ1) is 22.2. The second-order valence-electron chi connectivity index (χ2n) is 17.1. The molecule has 0 amide bonds. The Balaban J connectivity index is 1.30. The smallest absolute Gasteiger partial charge is 0.496 e. The van der Waals surface area contributed by atoms with E-state index in [2.05, 4.69) is 107 Å². The van der Waals surface area contributed by atoms with Crippen LogP contribution in [0, 0.1) is 0 Å². The Morgan fingerprint density at radius 3 is 1.42 bits per heavy atom. The SMILES string of the molecule is COc1cc2c3c(c(CO)cc2c2c1-c1sc(B4OC(C)(C)C(C)(C)O4)cc1C2(C)C)-c1sc(B2OC(C)(C)C(C)(C)O2)cc1C3(C)C. The number of aliphatic hydroxyl groups excluding tert-OH is 1. The van der Waals surface area contributed by atoms with E-state index in [1.807, 2.05) is 0 Å². The van der Waals surface area contributed by atoms with Crippen molar-refractivity contribution in [3.8, 4) is 26.6 Å². The van der Waals surface area contributed by atoms with Crippen molar-refractivity contribution in [1.29, 1.82) is 0 Å². The molecule has 0 radical (unpaired) electrons. The van der Waals surface area contributed by atoms with Gasteiger partial charge in [-0.3, -0.25) is 0 Å². The topological polar surface area (TPSA) is 66.4 Å². The minimum Gasteiger partial charge on any atom is -0.496 e. The molecule has 6 nitrogen and oxygen atoms in total. The molecule has 0 saturated carbocycles. The molecule has 4 aliphatic rings. The molecule has 0 bridgehead atoms. The molecule has 252 valence electrons. The largest absolute Gasteiger partial charge is 0.505 e. The van der Waals surface area contributed by atoms with E-state index in [1.165, 1.54) is 42.8 Å². The third kappa shape index (κ3) is 4.11. The summed E-state index contributed by atoms with van der Waals surface area (Å²) in [6.45, 7) is 25.9. The number of ether oxygens (including phenoxy) is 1. The van der Waals surface area contributed by atoms with Crippen molar-refractivity contribution in [1.82, 2.24) is 0 Å². The summed E-state index contributed by atoms with van der Waals surface area (Å²) in [5.41, 5.74) is 5.95. The summed E-state index contributed by atoms with van der Waals surface area (Å²) >= 11 is 3.47. The first-order valence-corrected chi connectivity index (χ1v) is 18.6. The van der Waals surface area contributed by atoms with Crippen molar-refractivity contribution >= 4 is 57.2 Å². The predicted molar refractivity (Wildman–Crippen MR) is 199 cm³/mol. The molecule has 2 aromatic carbocycles. The number of benzene rings is 2. The molecule has 4 aromatic rings. The molecule has 0 unspecified atom stereocenters. The molecule has 2 aliphatic heterocycles. The maximum Gasteiger partial charge on any atom is 0.505 e. The number of hydrogen-bond acceptors (Lipinski definition) is 8. The van der Waals surface area contributed by atoms with Gasteiger partial charge in [-0.2, -0.15) is 0 Å². The maximum absolute atomic E-state index is 11.0. The fourth-order valence-corrected chi connectivity index (χ4v) is 10.9. The number of rotatable bonds is 4. The Bertz CT molecular complexity index is 1870. The van der Waals surface area contributed by atoms with Crippen LogP contribution in [-0.4, -0.2) is 48.9 Å². The lowest BCUT2D eigenvalue weighted by Gasteiger charge is -2.32. The van der Waals surface area contributed by atoms with E-state index in [-0.39, 0.29) is 17.4 Å². The van der Waals surface area contributed by atoms with E-state index in [0.717, 1.165) is 32.0 Å². The lowest BCUT2D eigenvalue weighted by atomic mass is 9.75. The molecular formula is C38H46B2O6S2. The summed E-state index contributed by atoms with van der Waals surface area (Å²) < 4.78 is 34.3. The first-order valence-electron chi connectivity index (χ1n) is 17.0. The highest BCUT2D eigenvalue weighted by Crippen LogP contribution is 2.61. The Morgan fingerprint density at radius 1 is 0.604 bits per heavy atom. The summed E-state index contributed by atoms with van der Waals surface area (Å²) in [7, 11) is 0.937. The fraction of sp³-hybridized carbons (Fsp3) is 0.526. The standard InChI is InChI=1S/C38H46B2O6S2/c1-33(2)22-16-25(39-43-35(5,6)36(7,8)44-39)47-31(22)27-19(18-41)14-20-21(29(27)33)15-24(42-13)28-30(20)34(3,4)23-17-26(48-32(23)28)40-45-37(9,10)38(11,12)46-40/h14-17,41H,18H2,1-13H3. The van der Waals surface area contributed by atoms with Crippen molar-refractivity contribution in [2.75, 3.05) is 7.11 Å². The number of hydrogen-bond donors (Lipinski definition) is 1. The van der Waals surface area contributed by atoms with E-state index in [1.54, 1.807) is 29.8 Å². The van der Waals surface area contributed by atoms with Crippen LogP contribution in [0.15, 0.2) is 24.3 Å². The molecule has 10 heteroatoms. The normalized spacial score (nSPS) is 23.0. The molecule has 0 spiro atoms. The van der Waals surface area contributed by atoms with Crippen LogP contribution in [0.5, 0.6) is 5.75 Å². The average Bonchev–Trinajstić information content (AvgIpc) is 3.77. The molecule has 0 atom stereocenters. The Hall–Kier alpha value is -2.17. The van der Waals surface area contributed by atoms with Crippen molar-refractivity contribution < 1.29 is 28.5 Å². The molecule has 1 N–H and O–H groups in total. The van der Waals surface area contributed by atoms with Crippen LogP contribution in [0.4, 0.5) is 0 Å². The van der Waals surface area contributed by atoms with Gasteiger partial charge in [0, 0.05) is 41.3 Å². The number of fused-ring (bicyclic) bond motifs is 9. The van der Waals surface area contributed by atoms with Crippen LogP contribution in [0.25, 0.3) is 31.7 Å². The fourth-order valence-electron chi connectivity index (χ4n) is 8.18. The van der Waals surface area contributed by atoms with Gasteiger partial charge in [-0.1, -0.05) is 27.7 Å². The zero-order valence-corrected chi connectivity index (χ0v) is 32.1. The average molecular weight is 685 g/mol. The second kappa shape index (κ2) is 9.78. The Labute approximate surface area is 293 Å². The van der Waals surface area contributed by atoms with Crippen LogP contribution in [0.1, 0.15) is 111 Å². The van der Waals surface area contributed by atoms with Gasteiger partial charge < -0.3 is 28.5 Å². The van der Waals surface area contributed by atoms with Gasteiger partial charge in [0.1, 0.15) is 5.75 Å². The van der Waals surface area contributed by atoms with Gasteiger partial charge in [0.05, 0.1) is 36.1 Å². The van der Waals surface area contributed by atoms with E-state index >= 15 is 0 Å². The number of methoxy groups -OCH3 is 1. The first kappa shape index (κ1) is 33.0. The molecular weight excluding hydrogens is 638 g/mol. The Kier molecular flexibility index (Phi) is 6.73. The zero-order valence-electron chi connectivity index (χ0n) is 30.5. The molecule has 2 aliphatic carbocycles. The van der Waals surface area contributed by atoms with E-state index in [0.29, 0.717) is 0 Å². The van der Waals surface area contributed by atoms with Gasteiger partial charge in [0.15, 0.2) is 0 Å². The van der Waals surface area contributed by atoms with Crippen molar-refractivity contribution in [3.63, 3.8) is 0 Å². The second-order valence-corrected chi connectivity index (χ2v) is 19.2. The predicted octanol–water partition coefficient (Wildman–Crippen LogP) is 7.67. The van der Waals surface area contributed by atoms with Crippen LogP contribution >= 0.6 is 22.7 Å². The van der Waals surface area contributed by atoms with Gasteiger partial charge >= 0.3 is 14.2 Å². The third-order valence-corrected chi connectivity index (χ3v) is 14.8. The number of thiophene rings is 2. The summed E-state index contributed by atoms with van der Waals surface area (Å²) in [5.74, 6) is 0.870. The maximum atomic E-state index is 11.0.